The topological polar surface area (TPSA) is 107 Å². The molecule has 0 amide bonds. The number of benzene rings is 1. The van der Waals surface area contributed by atoms with Gasteiger partial charge in [-0.25, -0.2) is 0 Å². The van der Waals surface area contributed by atoms with Crippen LogP contribution in [0.3, 0.4) is 0 Å². The highest BCUT2D eigenvalue weighted by atomic mass is 16.6. The number of aromatic hydroxyl groups is 1. The van der Waals surface area contributed by atoms with Crippen LogP contribution in [0.25, 0.3) is 0 Å². The van der Waals surface area contributed by atoms with Gasteiger partial charge < -0.3 is 29.0 Å². The van der Waals surface area contributed by atoms with Crippen molar-refractivity contribution in [1.82, 2.24) is 10.2 Å². The molecule has 216 valence electrons. The molecule has 9 heteroatoms. The number of carbonyl (C=O) groups is 2. The second kappa shape index (κ2) is 9.54. The van der Waals surface area contributed by atoms with E-state index in [9.17, 15) is 14.7 Å². The number of phenolic OH excluding ortho intramolecular Hbond substituents is 1. The van der Waals surface area contributed by atoms with Crippen molar-refractivity contribution in [3.8, 4) is 17.2 Å². The van der Waals surface area contributed by atoms with Gasteiger partial charge in [0.1, 0.15) is 29.1 Å². The van der Waals surface area contributed by atoms with Gasteiger partial charge in [-0.05, 0) is 86.7 Å². The van der Waals surface area contributed by atoms with E-state index < -0.39 is 29.2 Å². The number of rotatable bonds is 6. The Hall–Kier alpha value is -2.52. The fourth-order valence-corrected chi connectivity index (χ4v) is 7.53. The van der Waals surface area contributed by atoms with Gasteiger partial charge in [0.2, 0.25) is 0 Å². The summed E-state index contributed by atoms with van der Waals surface area (Å²) in [6.45, 7) is 11.8. The monoisotopic (exact) mass is 544 g/mol. The van der Waals surface area contributed by atoms with Crippen molar-refractivity contribution < 1.29 is 33.6 Å². The lowest BCUT2D eigenvalue weighted by Crippen LogP contribution is -2.69. The van der Waals surface area contributed by atoms with Gasteiger partial charge in [0, 0.05) is 34.7 Å². The molecule has 2 N–H and O–H groups in total. The van der Waals surface area contributed by atoms with Crippen LogP contribution in [-0.2, 0) is 30.9 Å². The molecule has 1 spiro atoms. The number of esters is 2. The number of phenols is 1. The number of hydrogen-bond donors (Lipinski definition) is 2. The number of piperidine rings is 1. The van der Waals surface area contributed by atoms with Crippen LogP contribution in [0.2, 0.25) is 0 Å². The van der Waals surface area contributed by atoms with Crippen LogP contribution in [0.1, 0.15) is 78.4 Å². The summed E-state index contributed by atoms with van der Waals surface area (Å²) in [5.74, 6) is 0.722. The van der Waals surface area contributed by atoms with Gasteiger partial charge in [0.25, 0.3) is 0 Å². The Morgan fingerprint density at radius 1 is 1.18 bits per heavy atom. The van der Waals surface area contributed by atoms with E-state index in [1.54, 1.807) is 13.2 Å². The Kier molecular flexibility index (Phi) is 6.86. The highest BCUT2D eigenvalue weighted by Crippen LogP contribution is 2.65. The van der Waals surface area contributed by atoms with Gasteiger partial charge >= 0.3 is 11.9 Å². The second-order valence-corrected chi connectivity index (χ2v) is 13.7. The zero-order chi connectivity index (χ0) is 28.5. The van der Waals surface area contributed by atoms with Crippen LogP contribution in [0.15, 0.2) is 6.07 Å². The Morgan fingerprint density at radius 3 is 2.51 bits per heavy atom. The first kappa shape index (κ1) is 28.0. The smallest absolute Gasteiger partial charge is 0.324 e. The van der Waals surface area contributed by atoms with Crippen molar-refractivity contribution in [3.63, 3.8) is 0 Å². The van der Waals surface area contributed by atoms with E-state index in [1.807, 2.05) is 41.5 Å². The van der Waals surface area contributed by atoms with Gasteiger partial charge in [-0.15, -0.1) is 0 Å². The highest BCUT2D eigenvalue weighted by molar-refractivity contribution is 5.83. The number of likely N-dealkylation sites (tertiary alicyclic amines) is 1. The Labute approximate surface area is 231 Å². The van der Waals surface area contributed by atoms with E-state index in [1.165, 1.54) is 0 Å². The maximum absolute atomic E-state index is 13.4. The van der Waals surface area contributed by atoms with Crippen LogP contribution in [0.5, 0.6) is 17.2 Å². The van der Waals surface area contributed by atoms with Crippen molar-refractivity contribution in [2.45, 2.75) is 114 Å². The normalized spacial score (nSPS) is 30.2. The average Bonchev–Trinajstić information content (AvgIpc) is 3.16. The maximum Gasteiger partial charge on any atom is 0.324 e. The van der Waals surface area contributed by atoms with E-state index >= 15 is 0 Å². The number of ether oxygens (including phenoxy) is 4. The van der Waals surface area contributed by atoms with E-state index in [-0.39, 0.29) is 29.7 Å². The van der Waals surface area contributed by atoms with Crippen LogP contribution in [0, 0.1) is 5.92 Å². The molecule has 2 aliphatic carbocycles. The zero-order valence-corrected chi connectivity index (χ0v) is 24.6. The summed E-state index contributed by atoms with van der Waals surface area (Å²) in [5.41, 5.74) is 0.501. The molecule has 2 fully saturated rings. The molecule has 5 rings (SSSR count). The van der Waals surface area contributed by atoms with Gasteiger partial charge in [-0.3, -0.25) is 14.9 Å². The van der Waals surface area contributed by atoms with Crippen LogP contribution < -0.4 is 14.8 Å². The number of methoxy groups -OCH3 is 1. The fourth-order valence-electron chi connectivity index (χ4n) is 7.53. The second-order valence-electron chi connectivity index (χ2n) is 13.7. The third-order valence-electron chi connectivity index (χ3n) is 8.80. The highest BCUT2D eigenvalue weighted by Gasteiger charge is 2.66. The van der Waals surface area contributed by atoms with Gasteiger partial charge in [-0.2, -0.15) is 0 Å². The molecule has 0 radical (unpaired) electrons. The third kappa shape index (κ3) is 4.86. The first-order valence-corrected chi connectivity index (χ1v) is 14.2. The Morgan fingerprint density at radius 2 is 1.87 bits per heavy atom. The number of carbonyl (C=O) groups excluding carboxylic acids is 2. The van der Waals surface area contributed by atoms with Crippen LogP contribution in [-0.4, -0.2) is 78.1 Å². The molecule has 1 aromatic rings. The molecular weight excluding hydrogens is 500 g/mol. The number of likely N-dealkylation sites (N-methyl/N-ethyl adjacent to an activating group) is 1. The van der Waals surface area contributed by atoms with E-state index in [0.29, 0.717) is 23.5 Å². The molecule has 1 aromatic carbocycles. The lowest BCUT2D eigenvalue weighted by Gasteiger charge is -2.59. The molecular formula is C30H44N2O7. The number of nitrogens with one attached hydrogen (secondary N) is 1. The van der Waals surface area contributed by atoms with Crippen molar-refractivity contribution in [2.75, 3.05) is 20.7 Å². The SMILES string of the molecule is COc1cc(O)c2c3c1C[C@@H]1[C@@H]4CC[C@H](N[C@@H](CC(=O)OC(C)(C)C)C(=O)OC(C)(C)C)[C@H](O2)[C@]34CCN1C. The third-order valence-corrected chi connectivity index (χ3v) is 8.80. The zero-order valence-electron chi connectivity index (χ0n) is 24.6. The average molecular weight is 545 g/mol. The summed E-state index contributed by atoms with van der Waals surface area (Å²) < 4.78 is 23.7. The van der Waals surface area contributed by atoms with Crippen molar-refractivity contribution in [1.29, 1.82) is 0 Å². The Bertz CT molecular complexity index is 1150. The predicted molar refractivity (Wildman–Crippen MR) is 145 cm³/mol. The first-order chi connectivity index (χ1) is 18.1. The van der Waals surface area contributed by atoms with Crippen LogP contribution >= 0.6 is 0 Å². The van der Waals surface area contributed by atoms with Crippen molar-refractivity contribution in [2.24, 2.45) is 5.92 Å². The maximum atomic E-state index is 13.4. The Balaban J connectivity index is 1.50. The number of hydrogen-bond acceptors (Lipinski definition) is 9. The standard InChI is InChI=1S/C30H44N2O7/c1-28(2,3)38-23(34)14-19(27(35)39-29(4,5)6)31-18-10-9-17-20-13-16-22(36-8)15-21(33)25-24(16)30(17,26(18)37-25)11-12-32(20)7/h15,17-20,26,31,33H,9-14H2,1-8H3/t17-,18-,19-,20+,26-,30-/m0/s1. The quantitative estimate of drug-likeness (QED) is 0.521. The van der Waals surface area contributed by atoms with Crippen molar-refractivity contribution in [3.05, 3.63) is 17.2 Å². The van der Waals surface area contributed by atoms with Gasteiger partial charge in [0.05, 0.1) is 13.5 Å². The lowest BCUT2D eigenvalue weighted by atomic mass is 9.51. The summed E-state index contributed by atoms with van der Waals surface area (Å²) in [6.07, 6.45) is 3.00. The van der Waals surface area contributed by atoms with Gasteiger partial charge in [-0.1, -0.05) is 0 Å². The largest absolute Gasteiger partial charge is 0.504 e. The van der Waals surface area contributed by atoms with Gasteiger partial charge in [0.15, 0.2) is 11.5 Å². The minimum absolute atomic E-state index is 0.0849. The molecule has 39 heavy (non-hydrogen) atoms. The van der Waals surface area contributed by atoms with E-state index in [0.717, 1.165) is 43.4 Å². The molecule has 1 saturated carbocycles. The van der Waals surface area contributed by atoms with E-state index in [4.69, 9.17) is 18.9 Å². The summed E-state index contributed by atoms with van der Waals surface area (Å²) in [5, 5.41) is 14.5. The summed E-state index contributed by atoms with van der Waals surface area (Å²) in [6, 6.07) is 0.879. The number of nitrogens with zero attached hydrogens (tertiary/aromatic N) is 1. The molecule has 6 atom stereocenters. The summed E-state index contributed by atoms with van der Waals surface area (Å²) in [7, 11) is 3.83. The van der Waals surface area contributed by atoms with Crippen molar-refractivity contribution >= 4 is 11.9 Å². The summed E-state index contributed by atoms with van der Waals surface area (Å²) >= 11 is 0. The molecule has 2 heterocycles. The molecule has 2 bridgehead atoms. The summed E-state index contributed by atoms with van der Waals surface area (Å²) in [4.78, 5) is 28.7. The first-order valence-electron chi connectivity index (χ1n) is 14.2. The molecule has 0 aromatic heterocycles. The minimum Gasteiger partial charge on any atom is -0.504 e. The molecule has 0 unspecified atom stereocenters. The van der Waals surface area contributed by atoms with Crippen LogP contribution in [0.4, 0.5) is 0 Å². The molecule has 1 saturated heterocycles. The lowest BCUT2D eigenvalue weighted by molar-refractivity contribution is -0.165. The molecule has 4 aliphatic rings. The molecule has 2 aliphatic heterocycles. The fraction of sp³-hybridized carbons (Fsp3) is 0.733. The van der Waals surface area contributed by atoms with E-state index in [2.05, 4.69) is 17.3 Å². The molecule has 9 nitrogen and oxygen atoms in total. The predicted octanol–water partition coefficient (Wildman–Crippen LogP) is 3.47. The minimum atomic E-state index is -0.891.